The van der Waals surface area contributed by atoms with Crippen LogP contribution < -0.4 is 10.1 Å². The van der Waals surface area contributed by atoms with Gasteiger partial charge in [-0.15, -0.1) is 5.10 Å². The zero-order valence-electron chi connectivity index (χ0n) is 16.2. The third-order valence-electron chi connectivity index (χ3n) is 6.19. The smallest absolute Gasteiger partial charge is 0.249 e. The lowest BCUT2D eigenvalue weighted by molar-refractivity contribution is -0.193. The number of anilines is 1. The summed E-state index contributed by atoms with van der Waals surface area (Å²) < 4.78 is 35.5. The predicted octanol–water partition coefficient (Wildman–Crippen LogP) is 3.44. The maximum atomic E-state index is 13.2. The molecule has 154 valence electrons. The number of hydrogen-bond acceptors (Lipinski definition) is 6. The van der Waals surface area contributed by atoms with Crippen molar-refractivity contribution in [2.45, 2.75) is 37.6 Å². The molecule has 0 bridgehead atoms. The van der Waals surface area contributed by atoms with E-state index in [-0.39, 0.29) is 24.3 Å². The van der Waals surface area contributed by atoms with Crippen LogP contribution in [0.4, 0.5) is 14.7 Å². The van der Waals surface area contributed by atoms with Crippen molar-refractivity contribution >= 4 is 17.2 Å². The number of nitrogens with one attached hydrogen (secondary N) is 1. The molecule has 0 radical (unpaired) electrons. The molecule has 1 spiro atoms. The van der Waals surface area contributed by atoms with Gasteiger partial charge < -0.3 is 10.1 Å². The molecule has 8 nitrogen and oxygen atoms in total. The molecule has 0 atom stereocenters. The number of hydrogen-bond donors (Lipinski definition) is 1. The predicted molar refractivity (Wildman–Crippen MR) is 105 cm³/mol. The number of alkyl halides is 2. The second-order valence-corrected chi connectivity index (χ2v) is 8.40. The Hall–Kier alpha value is -3.30. The van der Waals surface area contributed by atoms with Crippen molar-refractivity contribution in [3.63, 3.8) is 0 Å². The molecule has 0 amide bonds. The van der Waals surface area contributed by atoms with Gasteiger partial charge in [0, 0.05) is 61.0 Å². The highest BCUT2D eigenvalue weighted by Crippen LogP contribution is 2.62. The van der Waals surface area contributed by atoms with Crippen molar-refractivity contribution in [1.82, 2.24) is 29.0 Å². The van der Waals surface area contributed by atoms with Gasteiger partial charge in [0.1, 0.15) is 5.52 Å². The fourth-order valence-electron chi connectivity index (χ4n) is 4.99. The summed E-state index contributed by atoms with van der Waals surface area (Å²) in [4.78, 5) is 13.1. The van der Waals surface area contributed by atoms with Gasteiger partial charge in [-0.1, -0.05) is 0 Å². The number of imidazole rings is 1. The minimum Gasteiger partial charge on any atom is -0.479 e. The molecule has 0 unspecified atom stereocenters. The van der Waals surface area contributed by atoms with Crippen molar-refractivity contribution in [2.75, 3.05) is 12.4 Å². The molecule has 4 aromatic heterocycles. The van der Waals surface area contributed by atoms with Crippen molar-refractivity contribution in [2.24, 2.45) is 5.41 Å². The Labute approximate surface area is 169 Å². The van der Waals surface area contributed by atoms with E-state index in [4.69, 9.17) is 4.74 Å². The van der Waals surface area contributed by atoms with E-state index in [0.29, 0.717) is 17.6 Å². The van der Waals surface area contributed by atoms with Gasteiger partial charge in [-0.2, -0.15) is 4.98 Å². The summed E-state index contributed by atoms with van der Waals surface area (Å²) in [6.07, 6.45) is 10.5. The number of nitrogens with zero attached hydrogens (tertiary/aromatic N) is 6. The van der Waals surface area contributed by atoms with Gasteiger partial charge in [0.15, 0.2) is 0 Å². The zero-order valence-corrected chi connectivity index (χ0v) is 16.2. The number of methoxy groups -OCH3 is 1. The van der Waals surface area contributed by atoms with Crippen LogP contribution in [0.15, 0.2) is 37.1 Å². The first-order chi connectivity index (χ1) is 14.4. The third-order valence-corrected chi connectivity index (χ3v) is 6.19. The van der Waals surface area contributed by atoms with Gasteiger partial charge >= 0.3 is 0 Å². The van der Waals surface area contributed by atoms with Gasteiger partial charge in [0.05, 0.1) is 7.11 Å². The van der Waals surface area contributed by atoms with E-state index in [9.17, 15) is 8.78 Å². The Morgan fingerprint density at radius 1 is 1.20 bits per heavy atom. The molecular formula is C20H19F2N7O. The number of rotatable bonds is 4. The second kappa shape index (κ2) is 5.87. The summed E-state index contributed by atoms with van der Waals surface area (Å²) in [5.41, 5.74) is 2.31. The van der Waals surface area contributed by atoms with Gasteiger partial charge in [-0.25, -0.2) is 23.3 Å². The van der Waals surface area contributed by atoms with Crippen LogP contribution in [0.2, 0.25) is 0 Å². The Bertz CT molecular complexity index is 1260. The fourth-order valence-corrected chi connectivity index (χ4v) is 4.99. The van der Waals surface area contributed by atoms with E-state index in [1.165, 1.54) is 0 Å². The highest BCUT2D eigenvalue weighted by molar-refractivity contribution is 5.84. The average molecular weight is 411 g/mol. The van der Waals surface area contributed by atoms with Gasteiger partial charge in [-0.3, -0.25) is 4.40 Å². The third kappa shape index (κ3) is 2.62. The van der Waals surface area contributed by atoms with E-state index in [1.54, 1.807) is 24.0 Å². The molecule has 4 heterocycles. The first kappa shape index (κ1) is 17.5. The molecule has 1 N–H and O–H groups in total. The topological polar surface area (TPSA) is 81.6 Å². The molecule has 6 rings (SSSR count). The van der Waals surface area contributed by atoms with E-state index in [1.807, 2.05) is 29.1 Å². The van der Waals surface area contributed by atoms with Crippen LogP contribution in [0.5, 0.6) is 5.88 Å². The van der Waals surface area contributed by atoms with Crippen LogP contribution in [-0.2, 0) is 0 Å². The molecule has 2 saturated carbocycles. The van der Waals surface area contributed by atoms with Crippen LogP contribution in [0.3, 0.4) is 0 Å². The highest BCUT2D eigenvalue weighted by atomic mass is 19.3. The Morgan fingerprint density at radius 3 is 2.80 bits per heavy atom. The number of aromatic nitrogens is 6. The maximum Gasteiger partial charge on any atom is 0.249 e. The molecule has 2 aliphatic carbocycles. The summed E-state index contributed by atoms with van der Waals surface area (Å²) in [5.74, 6) is -1.00. The summed E-state index contributed by atoms with van der Waals surface area (Å²) in [6, 6.07) is 2.04. The molecule has 0 saturated heterocycles. The molecule has 30 heavy (non-hydrogen) atoms. The number of ether oxygens (including phenoxy) is 1. The van der Waals surface area contributed by atoms with Crippen LogP contribution in [0.25, 0.3) is 22.4 Å². The number of fused-ring (bicyclic) bond motifs is 2. The molecule has 2 aliphatic rings. The summed E-state index contributed by atoms with van der Waals surface area (Å²) >= 11 is 0. The maximum absolute atomic E-state index is 13.2. The first-order valence-electron chi connectivity index (χ1n) is 9.81. The van der Waals surface area contributed by atoms with Crippen LogP contribution in [0.1, 0.15) is 25.7 Å². The second-order valence-electron chi connectivity index (χ2n) is 8.40. The largest absolute Gasteiger partial charge is 0.479 e. The van der Waals surface area contributed by atoms with Crippen molar-refractivity contribution in [1.29, 1.82) is 0 Å². The lowest BCUT2D eigenvalue weighted by Gasteiger charge is -2.57. The van der Waals surface area contributed by atoms with E-state index in [0.717, 1.165) is 29.5 Å². The SMILES string of the molecule is COc1nc(NC2CC3(C2)CC(F)(F)C3)nn2ccc(-c3cnc4nccn4c3)c12. The summed E-state index contributed by atoms with van der Waals surface area (Å²) in [7, 11) is 1.56. The monoisotopic (exact) mass is 411 g/mol. The minimum atomic E-state index is -2.49. The fraction of sp³-hybridized carbons (Fsp3) is 0.400. The lowest BCUT2D eigenvalue weighted by atomic mass is 9.52. The van der Waals surface area contributed by atoms with Crippen molar-refractivity contribution in [3.05, 3.63) is 37.1 Å². The summed E-state index contributed by atoms with van der Waals surface area (Å²) in [6.45, 7) is 0. The van der Waals surface area contributed by atoms with Crippen LogP contribution in [-0.4, -0.2) is 48.0 Å². The Kier molecular flexibility index (Phi) is 3.43. The van der Waals surface area contributed by atoms with Crippen LogP contribution in [0, 0.1) is 5.41 Å². The van der Waals surface area contributed by atoms with Crippen molar-refractivity contribution < 1.29 is 13.5 Å². The van der Waals surface area contributed by atoms with Crippen LogP contribution >= 0.6 is 0 Å². The lowest BCUT2D eigenvalue weighted by Crippen LogP contribution is -2.57. The molecule has 10 heteroatoms. The van der Waals surface area contributed by atoms with Gasteiger partial charge in [-0.05, 0) is 24.3 Å². The van der Waals surface area contributed by atoms with E-state index in [2.05, 4.69) is 25.4 Å². The Balaban J connectivity index is 1.29. The molecule has 0 aromatic carbocycles. The van der Waals surface area contributed by atoms with Gasteiger partial charge in [0.2, 0.25) is 23.5 Å². The molecule has 2 fully saturated rings. The standard InChI is InChI=1S/C20H19F2N7O/c1-30-16-15-14(12-8-24-18-23-3-5-28(18)9-12)2-4-29(15)27-17(26-16)25-13-6-19(7-13)10-20(21,22)11-19/h2-5,8-9,13H,6-7,10-11H2,1H3,(H,25,27). The van der Waals surface area contributed by atoms with E-state index >= 15 is 0 Å². The first-order valence-corrected chi connectivity index (χ1v) is 9.81. The van der Waals surface area contributed by atoms with Gasteiger partial charge in [0.25, 0.3) is 0 Å². The average Bonchev–Trinajstić information content (AvgIpc) is 3.30. The quantitative estimate of drug-likeness (QED) is 0.554. The highest BCUT2D eigenvalue weighted by Gasteiger charge is 2.61. The number of halogens is 2. The molecule has 4 aromatic rings. The summed E-state index contributed by atoms with van der Waals surface area (Å²) in [5, 5.41) is 7.82. The van der Waals surface area contributed by atoms with E-state index < -0.39 is 5.92 Å². The Morgan fingerprint density at radius 2 is 2.03 bits per heavy atom. The normalized spacial score (nSPS) is 19.7. The van der Waals surface area contributed by atoms with Crippen molar-refractivity contribution in [3.8, 4) is 17.0 Å². The molecular weight excluding hydrogens is 392 g/mol. The zero-order chi connectivity index (χ0) is 20.5. The minimum absolute atomic E-state index is 0.00233. The molecule has 0 aliphatic heterocycles.